The van der Waals surface area contributed by atoms with Crippen LogP contribution >= 0.6 is 11.3 Å². The van der Waals surface area contributed by atoms with Gasteiger partial charge >= 0.3 is 5.00 Å². The number of benzene rings is 1. The van der Waals surface area contributed by atoms with Gasteiger partial charge < -0.3 is 0 Å². The summed E-state index contributed by atoms with van der Waals surface area (Å²) in [5.74, 6) is -0.893. The molecule has 0 saturated carbocycles. The summed E-state index contributed by atoms with van der Waals surface area (Å²) in [7, 11) is 0. The zero-order valence-electron chi connectivity index (χ0n) is 11.9. The van der Waals surface area contributed by atoms with E-state index in [-0.39, 0.29) is 21.3 Å². The first kappa shape index (κ1) is 15.3. The molecule has 0 spiro atoms. The minimum Gasteiger partial charge on any atom is -0.293 e. The van der Waals surface area contributed by atoms with Crippen LogP contribution in [-0.2, 0) is 6.42 Å². The van der Waals surface area contributed by atoms with Crippen molar-refractivity contribution in [2.75, 3.05) is 0 Å². The number of Topliss-reactive ketones (excluding diaryl/α,β-unsaturated/α-hetero) is 1. The van der Waals surface area contributed by atoms with Crippen molar-refractivity contribution in [3.8, 4) is 0 Å². The molecule has 0 N–H and O–H groups in total. The van der Waals surface area contributed by atoms with Crippen molar-refractivity contribution in [3.63, 3.8) is 0 Å². The second-order valence-corrected chi connectivity index (χ2v) is 6.38. The predicted molar refractivity (Wildman–Crippen MR) is 84.1 cm³/mol. The van der Waals surface area contributed by atoms with E-state index in [2.05, 4.69) is 0 Å². The molecule has 1 aromatic carbocycles. The van der Waals surface area contributed by atoms with Crippen LogP contribution < -0.4 is 0 Å². The fraction of sp³-hybridized carbons (Fsp3) is 0.267. The third-order valence-corrected chi connectivity index (χ3v) is 5.15. The van der Waals surface area contributed by atoms with E-state index < -0.39 is 15.8 Å². The number of aryl methyl sites for hydroxylation is 1. The van der Waals surface area contributed by atoms with Crippen molar-refractivity contribution >= 4 is 27.8 Å². The molecule has 2 aromatic rings. The highest BCUT2D eigenvalue weighted by atomic mass is 32.1. The monoisotopic (exact) mass is 332 g/mol. The zero-order valence-corrected chi connectivity index (χ0v) is 12.7. The van der Waals surface area contributed by atoms with Gasteiger partial charge in [-0.25, -0.2) is 0 Å². The summed E-state index contributed by atoms with van der Waals surface area (Å²) in [4.78, 5) is 33.8. The number of hydrogen-bond acceptors (Lipinski definition) is 6. The fourth-order valence-corrected chi connectivity index (χ4v) is 3.98. The summed E-state index contributed by atoms with van der Waals surface area (Å²) >= 11 is 0.729. The standard InChI is InChI=1S/C15H12N2O5S/c18-14-10-6-2-1-4-9(10)5-3-7-11(14)15-12(16(19)20)8-13(23-15)17(21)22/h1-2,4,6,8,11H,3,5,7H2. The van der Waals surface area contributed by atoms with Crippen molar-refractivity contribution in [1.29, 1.82) is 0 Å². The van der Waals surface area contributed by atoms with Gasteiger partial charge in [0.2, 0.25) is 0 Å². The predicted octanol–water partition coefficient (Wildman–Crippen LogP) is 3.87. The van der Waals surface area contributed by atoms with Gasteiger partial charge in [0, 0.05) is 5.56 Å². The Morgan fingerprint density at radius 2 is 1.87 bits per heavy atom. The minimum absolute atomic E-state index is 0.184. The molecule has 3 rings (SSSR count). The van der Waals surface area contributed by atoms with E-state index in [4.69, 9.17) is 0 Å². The minimum atomic E-state index is -0.697. The number of carbonyl (C=O) groups is 1. The number of rotatable bonds is 3. The van der Waals surface area contributed by atoms with Crippen molar-refractivity contribution < 1.29 is 14.6 Å². The van der Waals surface area contributed by atoms with Gasteiger partial charge in [-0.2, -0.15) is 0 Å². The molecule has 0 amide bonds. The van der Waals surface area contributed by atoms with Crippen LogP contribution in [0.15, 0.2) is 30.3 Å². The first-order valence-electron chi connectivity index (χ1n) is 7.03. The smallest absolute Gasteiger partial charge is 0.293 e. The average Bonchev–Trinajstić information content (AvgIpc) is 2.90. The van der Waals surface area contributed by atoms with Gasteiger partial charge in [-0.1, -0.05) is 35.6 Å². The third kappa shape index (κ3) is 2.72. The van der Waals surface area contributed by atoms with Crippen molar-refractivity contribution in [1.82, 2.24) is 0 Å². The molecule has 0 radical (unpaired) electrons. The highest BCUT2D eigenvalue weighted by molar-refractivity contribution is 7.16. The van der Waals surface area contributed by atoms with E-state index in [1.807, 2.05) is 12.1 Å². The van der Waals surface area contributed by atoms with Gasteiger partial charge in [-0.3, -0.25) is 25.0 Å². The van der Waals surface area contributed by atoms with Gasteiger partial charge in [0.25, 0.3) is 5.69 Å². The molecule has 1 unspecified atom stereocenters. The van der Waals surface area contributed by atoms with Crippen LogP contribution in [0.25, 0.3) is 0 Å². The number of thiophene rings is 1. The van der Waals surface area contributed by atoms with Gasteiger partial charge in [0.1, 0.15) is 6.07 Å². The SMILES string of the molecule is O=C1c2ccccc2CCCC1c1sc([N+](=O)[O-])cc1[N+](=O)[O-]. The Morgan fingerprint density at radius 1 is 1.13 bits per heavy atom. The van der Waals surface area contributed by atoms with Crippen molar-refractivity contribution in [3.05, 3.63) is 66.6 Å². The highest BCUT2D eigenvalue weighted by Crippen LogP contribution is 2.43. The Labute approximate surface area is 134 Å². The molecule has 23 heavy (non-hydrogen) atoms. The van der Waals surface area contributed by atoms with E-state index in [0.29, 0.717) is 18.4 Å². The lowest BCUT2D eigenvalue weighted by molar-refractivity contribution is -0.390. The lowest BCUT2D eigenvalue weighted by atomic mass is 9.93. The summed E-state index contributed by atoms with van der Waals surface area (Å²) in [6, 6.07) is 8.14. The lowest BCUT2D eigenvalue weighted by Gasteiger charge is -2.11. The molecule has 8 heteroatoms. The number of ketones is 1. The third-order valence-electron chi connectivity index (χ3n) is 3.96. The zero-order chi connectivity index (χ0) is 16.6. The quantitative estimate of drug-likeness (QED) is 0.482. The van der Waals surface area contributed by atoms with Crippen molar-refractivity contribution in [2.45, 2.75) is 25.2 Å². The number of fused-ring (bicyclic) bond motifs is 1. The summed E-state index contributed by atoms with van der Waals surface area (Å²) < 4.78 is 0. The second-order valence-electron chi connectivity index (χ2n) is 5.31. The van der Waals surface area contributed by atoms with Crippen LogP contribution in [0.5, 0.6) is 0 Å². The van der Waals surface area contributed by atoms with Gasteiger partial charge in [0.05, 0.1) is 20.6 Å². The van der Waals surface area contributed by atoms with Crippen LogP contribution in [0.2, 0.25) is 0 Å². The van der Waals surface area contributed by atoms with E-state index in [0.717, 1.165) is 29.4 Å². The molecule has 0 fully saturated rings. The molecule has 0 aliphatic heterocycles. The average molecular weight is 332 g/mol. The molecule has 7 nitrogen and oxygen atoms in total. The molecule has 1 aliphatic rings. The maximum Gasteiger partial charge on any atom is 0.331 e. The number of carbonyl (C=O) groups excluding carboxylic acids is 1. The van der Waals surface area contributed by atoms with Gasteiger partial charge in [0.15, 0.2) is 5.78 Å². The number of hydrogen-bond donors (Lipinski definition) is 0. The number of nitro groups is 2. The van der Waals surface area contributed by atoms with E-state index in [9.17, 15) is 25.0 Å². The second kappa shape index (κ2) is 5.88. The number of nitrogens with zero attached hydrogens (tertiary/aromatic N) is 2. The van der Waals surface area contributed by atoms with Crippen LogP contribution in [0.4, 0.5) is 10.7 Å². The molecule has 0 bridgehead atoms. The molecular formula is C15H12N2O5S. The largest absolute Gasteiger partial charge is 0.331 e. The molecule has 1 atom stereocenters. The van der Waals surface area contributed by atoms with Gasteiger partial charge in [-0.05, 0) is 24.8 Å². The molecule has 1 aromatic heterocycles. The first-order chi connectivity index (χ1) is 11.0. The Bertz CT molecular complexity index is 814. The maximum atomic E-state index is 12.8. The van der Waals surface area contributed by atoms with E-state index in [1.165, 1.54) is 0 Å². The van der Waals surface area contributed by atoms with Crippen LogP contribution in [0.1, 0.15) is 39.6 Å². The Kier molecular flexibility index (Phi) is 3.91. The molecule has 118 valence electrons. The van der Waals surface area contributed by atoms with Crippen LogP contribution in [0.3, 0.4) is 0 Å². The van der Waals surface area contributed by atoms with Crippen LogP contribution in [0, 0.1) is 20.2 Å². The summed E-state index contributed by atoms with van der Waals surface area (Å²) in [6.45, 7) is 0. The Morgan fingerprint density at radius 3 is 2.57 bits per heavy atom. The maximum absolute atomic E-state index is 12.8. The molecule has 1 aliphatic carbocycles. The van der Waals surface area contributed by atoms with Crippen LogP contribution in [-0.4, -0.2) is 15.6 Å². The summed E-state index contributed by atoms with van der Waals surface area (Å²) in [6.07, 6.45) is 1.88. The van der Waals surface area contributed by atoms with E-state index in [1.54, 1.807) is 12.1 Å². The summed E-state index contributed by atoms with van der Waals surface area (Å²) in [5, 5.41) is 21.8. The normalized spacial score (nSPS) is 17.4. The lowest BCUT2D eigenvalue weighted by Crippen LogP contribution is -2.12. The fourth-order valence-electron chi connectivity index (χ4n) is 2.91. The Hall–Kier alpha value is -2.61. The highest BCUT2D eigenvalue weighted by Gasteiger charge is 2.36. The topological polar surface area (TPSA) is 103 Å². The van der Waals surface area contributed by atoms with Gasteiger partial charge in [-0.15, -0.1) is 0 Å². The summed E-state index contributed by atoms with van der Waals surface area (Å²) in [5.41, 5.74) is 1.15. The molecule has 0 saturated heterocycles. The van der Waals surface area contributed by atoms with Crippen molar-refractivity contribution in [2.24, 2.45) is 0 Å². The first-order valence-corrected chi connectivity index (χ1v) is 7.85. The molecule has 1 heterocycles. The molecular weight excluding hydrogens is 320 g/mol. The van der Waals surface area contributed by atoms with E-state index >= 15 is 0 Å². The Balaban J connectivity index is 2.10.